The Morgan fingerprint density at radius 1 is 1.00 bits per heavy atom. The van der Waals surface area contributed by atoms with E-state index >= 15 is 0 Å². The molecule has 0 radical (unpaired) electrons. The maximum absolute atomic E-state index is 13.8. The number of hydrogen-bond acceptors (Lipinski definition) is 8. The first kappa shape index (κ1) is 20.9. The lowest BCUT2D eigenvalue weighted by molar-refractivity contribution is -0.0221. The Labute approximate surface area is 184 Å². The molecule has 1 atom stereocenters. The van der Waals surface area contributed by atoms with Crippen molar-refractivity contribution in [3.8, 4) is 0 Å². The van der Waals surface area contributed by atoms with Gasteiger partial charge in [-0.3, -0.25) is 4.68 Å². The SMILES string of the molecule is Cc1nc2nc(N3CCO[C@@H](c4cnn(C)c4)C3)nc(N3CCC(F)(F)CC3)c2nc1C. The van der Waals surface area contributed by atoms with Crippen LogP contribution < -0.4 is 9.80 Å². The Balaban J connectivity index is 1.52. The summed E-state index contributed by atoms with van der Waals surface area (Å²) in [5.74, 6) is -1.55. The van der Waals surface area contributed by atoms with Gasteiger partial charge in [0, 0.05) is 51.3 Å². The molecule has 32 heavy (non-hydrogen) atoms. The van der Waals surface area contributed by atoms with Gasteiger partial charge in [-0.25, -0.2) is 18.7 Å². The van der Waals surface area contributed by atoms with Gasteiger partial charge in [0.2, 0.25) is 5.95 Å². The van der Waals surface area contributed by atoms with Gasteiger partial charge in [-0.2, -0.15) is 15.1 Å². The van der Waals surface area contributed by atoms with Crippen LogP contribution in [0.25, 0.3) is 11.2 Å². The van der Waals surface area contributed by atoms with Crippen LogP contribution in [0.3, 0.4) is 0 Å². The molecule has 3 aromatic heterocycles. The van der Waals surface area contributed by atoms with Crippen LogP contribution in [0.15, 0.2) is 12.4 Å². The lowest BCUT2D eigenvalue weighted by Crippen LogP contribution is -2.41. The van der Waals surface area contributed by atoms with E-state index in [9.17, 15) is 8.78 Å². The molecule has 0 unspecified atom stereocenters. The number of aromatic nitrogens is 6. The number of ether oxygens (including phenoxy) is 1. The molecule has 2 aliphatic heterocycles. The molecule has 9 nitrogen and oxygen atoms in total. The van der Waals surface area contributed by atoms with Gasteiger partial charge in [0.15, 0.2) is 17.0 Å². The molecule has 3 aromatic rings. The fourth-order valence-electron chi connectivity index (χ4n) is 4.13. The van der Waals surface area contributed by atoms with E-state index in [1.165, 1.54) is 0 Å². The zero-order chi connectivity index (χ0) is 22.5. The third-order valence-corrected chi connectivity index (χ3v) is 6.15. The number of piperidine rings is 1. The summed E-state index contributed by atoms with van der Waals surface area (Å²) in [5, 5.41) is 4.24. The van der Waals surface area contributed by atoms with Crippen molar-refractivity contribution in [2.75, 3.05) is 42.6 Å². The molecular weight excluding hydrogens is 418 g/mol. The lowest BCUT2D eigenvalue weighted by atomic mass is 10.1. The van der Waals surface area contributed by atoms with E-state index in [-0.39, 0.29) is 32.0 Å². The minimum absolute atomic E-state index is 0.153. The molecule has 11 heteroatoms. The molecule has 170 valence electrons. The van der Waals surface area contributed by atoms with Gasteiger partial charge in [0.25, 0.3) is 5.92 Å². The van der Waals surface area contributed by atoms with Crippen molar-refractivity contribution >= 4 is 22.9 Å². The van der Waals surface area contributed by atoms with Crippen LogP contribution in [0.4, 0.5) is 20.5 Å². The molecule has 2 fully saturated rings. The summed E-state index contributed by atoms with van der Waals surface area (Å²) in [5.41, 5.74) is 3.59. The molecule has 0 amide bonds. The number of nitrogens with zero attached hydrogens (tertiary/aromatic N) is 8. The summed E-state index contributed by atoms with van der Waals surface area (Å²) in [4.78, 5) is 22.8. The molecule has 0 bridgehead atoms. The molecular formula is C21H26F2N8O. The third kappa shape index (κ3) is 3.96. The number of hydrogen-bond donors (Lipinski definition) is 0. The Morgan fingerprint density at radius 2 is 1.75 bits per heavy atom. The zero-order valence-corrected chi connectivity index (χ0v) is 18.4. The van der Waals surface area contributed by atoms with E-state index in [0.29, 0.717) is 42.6 Å². The average molecular weight is 444 g/mol. The average Bonchev–Trinajstić information content (AvgIpc) is 3.21. The van der Waals surface area contributed by atoms with Gasteiger partial charge in [-0.05, 0) is 13.8 Å². The summed E-state index contributed by atoms with van der Waals surface area (Å²) in [6.07, 6.45) is 3.18. The van der Waals surface area contributed by atoms with Crippen LogP contribution in [0.5, 0.6) is 0 Å². The molecule has 2 aliphatic rings. The first-order valence-corrected chi connectivity index (χ1v) is 10.8. The van der Waals surface area contributed by atoms with Crippen molar-refractivity contribution in [3.63, 3.8) is 0 Å². The number of fused-ring (bicyclic) bond motifs is 1. The number of rotatable bonds is 3. The van der Waals surface area contributed by atoms with Gasteiger partial charge in [0.1, 0.15) is 6.10 Å². The number of anilines is 2. The quantitative estimate of drug-likeness (QED) is 0.610. The highest BCUT2D eigenvalue weighted by atomic mass is 19.3. The fraction of sp³-hybridized carbons (Fsp3) is 0.571. The first-order chi connectivity index (χ1) is 15.3. The van der Waals surface area contributed by atoms with Crippen molar-refractivity contribution in [1.82, 2.24) is 29.7 Å². The summed E-state index contributed by atoms with van der Waals surface area (Å²) in [6, 6.07) is 0. The van der Waals surface area contributed by atoms with Gasteiger partial charge < -0.3 is 14.5 Å². The Hall–Kier alpha value is -2.95. The Morgan fingerprint density at radius 3 is 2.47 bits per heavy atom. The van der Waals surface area contributed by atoms with Gasteiger partial charge in [-0.15, -0.1) is 0 Å². The molecule has 0 N–H and O–H groups in total. The minimum Gasteiger partial charge on any atom is -0.370 e. The largest absolute Gasteiger partial charge is 0.370 e. The number of halogens is 2. The molecule has 0 aliphatic carbocycles. The normalized spacial score (nSPS) is 21.3. The van der Waals surface area contributed by atoms with Crippen LogP contribution in [0, 0.1) is 13.8 Å². The Kier molecular flexibility index (Phi) is 5.15. The second-order valence-corrected chi connectivity index (χ2v) is 8.51. The van der Waals surface area contributed by atoms with E-state index in [1.54, 1.807) is 10.9 Å². The van der Waals surface area contributed by atoms with E-state index in [4.69, 9.17) is 14.7 Å². The highest BCUT2D eigenvalue weighted by Crippen LogP contribution is 2.33. The number of alkyl halides is 2. The second kappa shape index (κ2) is 7.88. The van der Waals surface area contributed by atoms with Crippen LogP contribution in [0.1, 0.15) is 35.9 Å². The van der Waals surface area contributed by atoms with Gasteiger partial charge >= 0.3 is 0 Å². The van der Waals surface area contributed by atoms with Crippen molar-refractivity contribution in [1.29, 1.82) is 0 Å². The lowest BCUT2D eigenvalue weighted by Gasteiger charge is -2.35. The summed E-state index contributed by atoms with van der Waals surface area (Å²) in [7, 11) is 1.87. The monoisotopic (exact) mass is 444 g/mol. The van der Waals surface area contributed by atoms with Gasteiger partial charge in [-0.1, -0.05) is 0 Å². The van der Waals surface area contributed by atoms with E-state index in [0.717, 1.165) is 17.0 Å². The van der Waals surface area contributed by atoms with Crippen LogP contribution in [-0.4, -0.2) is 68.4 Å². The summed E-state index contributed by atoms with van der Waals surface area (Å²) < 4.78 is 35.3. The van der Waals surface area contributed by atoms with Gasteiger partial charge in [0.05, 0.1) is 30.7 Å². The summed E-state index contributed by atoms with van der Waals surface area (Å²) in [6.45, 7) is 5.90. The fourth-order valence-corrected chi connectivity index (χ4v) is 4.13. The van der Waals surface area contributed by atoms with Crippen molar-refractivity contribution < 1.29 is 13.5 Å². The predicted molar refractivity (Wildman–Crippen MR) is 115 cm³/mol. The van der Waals surface area contributed by atoms with Crippen molar-refractivity contribution in [3.05, 3.63) is 29.3 Å². The second-order valence-electron chi connectivity index (χ2n) is 8.51. The Bertz CT molecular complexity index is 1140. The predicted octanol–water partition coefficient (Wildman–Crippen LogP) is 2.58. The zero-order valence-electron chi connectivity index (χ0n) is 18.4. The smallest absolute Gasteiger partial charge is 0.251 e. The topological polar surface area (TPSA) is 85.1 Å². The van der Waals surface area contributed by atoms with Crippen molar-refractivity contribution in [2.45, 2.75) is 38.7 Å². The highest BCUT2D eigenvalue weighted by molar-refractivity contribution is 5.84. The van der Waals surface area contributed by atoms with E-state index < -0.39 is 5.92 Å². The van der Waals surface area contributed by atoms with E-state index in [1.807, 2.05) is 32.0 Å². The molecule has 5 rings (SSSR count). The highest BCUT2D eigenvalue weighted by Gasteiger charge is 2.36. The van der Waals surface area contributed by atoms with Crippen molar-refractivity contribution in [2.24, 2.45) is 7.05 Å². The summed E-state index contributed by atoms with van der Waals surface area (Å²) >= 11 is 0. The standard InChI is InChI=1S/C21H26F2N8O/c1-13-14(2)26-18-17(25-13)19(30-6-4-21(22,23)5-7-30)28-20(27-18)31-8-9-32-16(12-31)15-10-24-29(3)11-15/h10-11,16H,4-9,12H2,1-3H3/t16-/m1/s1. The minimum atomic E-state index is -2.64. The molecule has 0 saturated carbocycles. The number of aryl methyl sites for hydroxylation is 3. The molecule has 5 heterocycles. The van der Waals surface area contributed by atoms with Crippen LogP contribution >= 0.6 is 0 Å². The van der Waals surface area contributed by atoms with Crippen LogP contribution in [0.2, 0.25) is 0 Å². The number of morpholine rings is 1. The van der Waals surface area contributed by atoms with Crippen LogP contribution in [-0.2, 0) is 11.8 Å². The molecule has 2 saturated heterocycles. The molecule has 0 spiro atoms. The maximum Gasteiger partial charge on any atom is 0.251 e. The third-order valence-electron chi connectivity index (χ3n) is 6.15. The maximum atomic E-state index is 13.8. The molecule has 0 aromatic carbocycles. The first-order valence-electron chi connectivity index (χ1n) is 10.8. The van der Waals surface area contributed by atoms with E-state index in [2.05, 4.69) is 20.0 Å².